The standard InChI is InChI=1S/C15H17F3N2O4/c16-15(17,18)12-8-20(7-11(12)13(22)23)14(24)19-5-4-9-2-1-3-10(21)6-9/h1-3,6,11-12,21H,4-5,7-8H2,(H,19,24)(H,22,23)/t11-,12-/m1/s1. The van der Waals surface area contributed by atoms with Gasteiger partial charge in [-0.3, -0.25) is 4.79 Å². The molecule has 1 saturated heterocycles. The first-order chi connectivity index (χ1) is 11.2. The van der Waals surface area contributed by atoms with Crippen molar-refractivity contribution in [3.8, 4) is 5.75 Å². The van der Waals surface area contributed by atoms with Gasteiger partial charge in [0.2, 0.25) is 0 Å². The summed E-state index contributed by atoms with van der Waals surface area (Å²) >= 11 is 0. The van der Waals surface area contributed by atoms with Crippen LogP contribution in [-0.4, -0.2) is 52.9 Å². The van der Waals surface area contributed by atoms with Gasteiger partial charge in [0.25, 0.3) is 0 Å². The molecule has 2 amide bonds. The SMILES string of the molecule is O=C(O)[C@@H]1CN(C(=O)NCCc2cccc(O)c2)C[C@H]1C(F)(F)F. The summed E-state index contributed by atoms with van der Waals surface area (Å²) in [5.41, 5.74) is 0.758. The second-order valence-corrected chi connectivity index (χ2v) is 5.65. The van der Waals surface area contributed by atoms with E-state index in [1.54, 1.807) is 12.1 Å². The average Bonchev–Trinajstić information content (AvgIpc) is 2.93. The molecular weight excluding hydrogens is 329 g/mol. The van der Waals surface area contributed by atoms with Crippen molar-refractivity contribution < 1.29 is 33.0 Å². The number of aromatic hydroxyl groups is 1. The first-order valence-corrected chi connectivity index (χ1v) is 7.28. The third kappa shape index (κ3) is 4.30. The molecule has 0 bridgehead atoms. The number of aliphatic carboxylic acids is 1. The molecular formula is C15H17F3N2O4. The van der Waals surface area contributed by atoms with E-state index in [-0.39, 0.29) is 12.3 Å². The Morgan fingerprint density at radius 3 is 2.54 bits per heavy atom. The van der Waals surface area contributed by atoms with Crippen LogP contribution in [0.25, 0.3) is 0 Å². The van der Waals surface area contributed by atoms with E-state index in [0.29, 0.717) is 6.42 Å². The third-order valence-corrected chi connectivity index (χ3v) is 3.95. The number of amides is 2. The number of nitrogens with one attached hydrogen (secondary N) is 1. The first kappa shape index (κ1) is 17.9. The van der Waals surface area contributed by atoms with Gasteiger partial charge in [-0.05, 0) is 24.1 Å². The Hall–Kier alpha value is -2.45. The van der Waals surface area contributed by atoms with Gasteiger partial charge in [-0.1, -0.05) is 12.1 Å². The highest BCUT2D eigenvalue weighted by Gasteiger charge is 2.53. The Morgan fingerprint density at radius 1 is 1.29 bits per heavy atom. The summed E-state index contributed by atoms with van der Waals surface area (Å²) in [4.78, 5) is 23.8. The molecule has 1 fully saturated rings. The number of rotatable bonds is 4. The number of halogens is 3. The van der Waals surface area contributed by atoms with Crippen LogP contribution in [0.5, 0.6) is 5.75 Å². The van der Waals surface area contributed by atoms with E-state index in [1.165, 1.54) is 12.1 Å². The summed E-state index contributed by atoms with van der Waals surface area (Å²) in [6, 6.07) is 5.66. The lowest BCUT2D eigenvalue weighted by atomic mass is 9.96. The predicted molar refractivity (Wildman–Crippen MR) is 77.5 cm³/mol. The zero-order valence-corrected chi connectivity index (χ0v) is 12.6. The summed E-state index contributed by atoms with van der Waals surface area (Å²) in [5.74, 6) is -5.20. The summed E-state index contributed by atoms with van der Waals surface area (Å²) in [6.07, 6.45) is -4.28. The number of benzene rings is 1. The van der Waals surface area contributed by atoms with Crippen LogP contribution in [0.2, 0.25) is 0 Å². The quantitative estimate of drug-likeness (QED) is 0.776. The predicted octanol–water partition coefficient (Wildman–Crippen LogP) is 1.84. The third-order valence-electron chi connectivity index (χ3n) is 3.95. The molecule has 1 aromatic carbocycles. The molecule has 1 aliphatic rings. The van der Waals surface area contributed by atoms with Gasteiger partial charge in [0.15, 0.2) is 0 Å². The molecule has 0 saturated carbocycles. The van der Waals surface area contributed by atoms with Gasteiger partial charge < -0.3 is 20.4 Å². The number of carbonyl (C=O) groups is 2. The minimum atomic E-state index is -4.67. The molecule has 2 rings (SSSR count). The second-order valence-electron chi connectivity index (χ2n) is 5.65. The summed E-state index contributed by atoms with van der Waals surface area (Å²) in [7, 11) is 0. The van der Waals surface area contributed by atoms with Gasteiger partial charge in [0.1, 0.15) is 5.75 Å². The smallest absolute Gasteiger partial charge is 0.394 e. The fourth-order valence-electron chi connectivity index (χ4n) is 2.69. The molecule has 1 aromatic rings. The highest BCUT2D eigenvalue weighted by Crippen LogP contribution is 2.37. The molecule has 1 aliphatic heterocycles. The second kappa shape index (κ2) is 6.98. The lowest BCUT2D eigenvalue weighted by Gasteiger charge is -2.18. The zero-order valence-electron chi connectivity index (χ0n) is 12.6. The molecule has 2 atom stereocenters. The van der Waals surface area contributed by atoms with Crippen molar-refractivity contribution in [1.82, 2.24) is 10.2 Å². The molecule has 132 valence electrons. The van der Waals surface area contributed by atoms with Crippen LogP contribution < -0.4 is 5.32 Å². The average molecular weight is 346 g/mol. The molecule has 1 heterocycles. The van der Waals surface area contributed by atoms with Crippen molar-refractivity contribution in [1.29, 1.82) is 0 Å². The van der Waals surface area contributed by atoms with E-state index in [4.69, 9.17) is 5.11 Å². The molecule has 3 N–H and O–H groups in total. The minimum absolute atomic E-state index is 0.0793. The van der Waals surface area contributed by atoms with Crippen LogP contribution in [-0.2, 0) is 11.2 Å². The fraction of sp³-hybridized carbons (Fsp3) is 0.467. The maximum absolute atomic E-state index is 12.9. The van der Waals surface area contributed by atoms with Crippen molar-refractivity contribution in [2.24, 2.45) is 11.8 Å². The molecule has 0 unspecified atom stereocenters. The van der Waals surface area contributed by atoms with Crippen molar-refractivity contribution >= 4 is 12.0 Å². The van der Waals surface area contributed by atoms with E-state index in [9.17, 15) is 27.9 Å². The number of carboxylic acids is 1. The van der Waals surface area contributed by atoms with Crippen LogP contribution in [0.15, 0.2) is 24.3 Å². The molecule has 24 heavy (non-hydrogen) atoms. The highest BCUT2D eigenvalue weighted by molar-refractivity contribution is 5.77. The number of carboxylic acid groups (broad SMARTS) is 1. The molecule has 0 spiro atoms. The van der Waals surface area contributed by atoms with Gasteiger partial charge in [0, 0.05) is 19.6 Å². The number of phenols is 1. The molecule has 0 aromatic heterocycles. The summed E-state index contributed by atoms with van der Waals surface area (Å²) < 4.78 is 38.6. The van der Waals surface area contributed by atoms with Crippen molar-refractivity contribution in [2.75, 3.05) is 19.6 Å². The summed E-state index contributed by atoms with van der Waals surface area (Å²) in [5, 5.41) is 20.7. The van der Waals surface area contributed by atoms with Gasteiger partial charge >= 0.3 is 18.2 Å². The van der Waals surface area contributed by atoms with Gasteiger partial charge in [0.05, 0.1) is 11.8 Å². The molecule has 9 heteroatoms. The van der Waals surface area contributed by atoms with E-state index >= 15 is 0 Å². The Bertz CT molecular complexity index is 621. The number of alkyl halides is 3. The maximum atomic E-state index is 12.9. The van der Waals surface area contributed by atoms with Crippen molar-refractivity contribution in [3.05, 3.63) is 29.8 Å². The molecule has 6 nitrogen and oxygen atoms in total. The van der Waals surface area contributed by atoms with Crippen LogP contribution in [0.1, 0.15) is 5.56 Å². The number of nitrogens with zero attached hydrogens (tertiary/aromatic N) is 1. The number of urea groups is 1. The maximum Gasteiger partial charge on any atom is 0.394 e. The normalized spacial score (nSPS) is 20.9. The molecule has 0 radical (unpaired) electrons. The summed E-state index contributed by atoms with van der Waals surface area (Å²) in [6.45, 7) is -0.983. The monoisotopic (exact) mass is 346 g/mol. The van der Waals surface area contributed by atoms with E-state index in [1.807, 2.05) is 0 Å². The largest absolute Gasteiger partial charge is 0.508 e. The fourth-order valence-corrected chi connectivity index (χ4v) is 2.69. The highest BCUT2D eigenvalue weighted by atomic mass is 19.4. The van der Waals surface area contributed by atoms with Crippen LogP contribution >= 0.6 is 0 Å². The topological polar surface area (TPSA) is 89.9 Å². The molecule has 0 aliphatic carbocycles. The Kier molecular flexibility index (Phi) is 5.20. The lowest BCUT2D eigenvalue weighted by molar-refractivity contribution is -0.187. The number of hydrogen-bond donors (Lipinski definition) is 3. The number of likely N-dealkylation sites (tertiary alicyclic amines) is 1. The van der Waals surface area contributed by atoms with Gasteiger partial charge in [-0.15, -0.1) is 0 Å². The Morgan fingerprint density at radius 2 is 2.00 bits per heavy atom. The van der Waals surface area contributed by atoms with Crippen LogP contribution in [0, 0.1) is 11.8 Å². The number of phenolic OH excluding ortho intramolecular Hbond substituents is 1. The van der Waals surface area contributed by atoms with Crippen molar-refractivity contribution in [2.45, 2.75) is 12.6 Å². The van der Waals surface area contributed by atoms with Crippen LogP contribution in [0.4, 0.5) is 18.0 Å². The minimum Gasteiger partial charge on any atom is -0.508 e. The van der Waals surface area contributed by atoms with Gasteiger partial charge in [-0.2, -0.15) is 13.2 Å². The number of carbonyl (C=O) groups excluding carboxylic acids is 1. The Labute approximate surface area is 135 Å². The first-order valence-electron chi connectivity index (χ1n) is 7.28. The Balaban J connectivity index is 1.90. The van der Waals surface area contributed by atoms with E-state index in [2.05, 4.69) is 5.32 Å². The van der Waals surface area contributed by atoms with Gasteiger partial charge in [-0.25, -0.2) is 4.79 Å². The lowest BCUT2D eigenvalue weighted by Crippen LogP contribution is -2.40. The van der Waals surface area contributed by atoms with E-state index < -0.39 is 43.1 Å². The number of hydrogen-bond acceptors (Lipinski definition) is 3. The van der Waals surface area contributed by atoms with Crippen molar-refractivity contribution in [3.63, 3.8) is 0 Å². The van der Waals surface area contributed by atoms with E-state index in [0.717, 1.165) is 10.5 Å². The zero-order chi connectivity index (χ0) is 17.9. The van der Waals surface area contributed by atoms with Crippen LogP contribution in [0.3, 0.4) is 0 Å².